The minimum atomic E-state index is 0.346. The van der Waals surface area contributed by atoms with Crippen molar-refractivity contribution in [3.05, 3.63) is 23.8 Å². The molecule has 8 nitrogen and oxygen atoms in total. The Morgan fingerprint density at radius 2 is 2.43 bits per heavy atom. The molecule has 2 N–H and O–H groups in total. The van der Waals surface area contributed by atoms with Crippen LogP contribution in [0.1, 0.15) is 23.9 Å². The zero-order valence-corrected chi connectivity index (χ0v) is 13.8. The van der Waals surface area contributed by atoms with Gasteiger partial charge in [-0.1, -0.05) is 0 Å². The highest BCUT2D eigenvalue weighted by Crippen LogP contribution is 2.25. The number of hydrogen-bond acceptors (Lipinski definition) is 8. The summed E-state index contributed by atoms with van der Waals surface area (Å²) in [5.41, 5.74) is 1.02. The van der Waals surface area contributed by atoms with Gasteiger partial charge in [0.25, 0.3) is 0 Å². The van der Waals surface area contributed by atoms with Crippen molar-refractivity contribution in [2.24, 2.45) is 0 Å². The molecule has 1 unspecified atom stereocenters. The standard InChI is InChI=1S/C14H20N6O2S/c1-21-9-13-17-11(10-2-4-22-8-10)6-12(18-13)15-3-5-23-14-7-16-20-19-14/h6-7,10H,2-5,8-9H2,1H3,(H,15,17,18)(H,16,19,20). The van der Waals surface area contributed by atoms with E-state index in [-0.39, 0.29) is 0 Å². The first-order chi connectivity index (χ1) is 11.3. The van der Waals surface area contributed by atoms with Gasteiger partial charge < -0.3 is 14.8 Å². The summed E-state index contributed by atoms with van der Waals surface area (Å²) in [6.45, 7) is 2.71. The van der Waals surface area contributed by atoms with Gasteiger partial charge >= 0.3 is 0 Å². The van der Waals surface area contributed by atoms with Crippen molar-refractivity contribution < 1.29 is 9.47 Å². The molecule has 0 amide bonds. The normalized spacial score (nSPS) is 17.5. The van der Waals surface area contributed by atoms with E-state index in [1.165, 1.54) is 0 Å². The number of aromatic amines is 1. The van der Waals surface area contributed by atoms with Gasteiger partial charge in [-0.3, -0.25) is 0 Å². The van der Waals surface area contributed by atoms with Gasteiger partial charge in [-0.25, -0.2) is 9.97 Å². The number of thioether (sulfide) groups is 1. The lowest BCUT2D eigenvalue weighted by molar-refractivity contribution is 0.177. The van der Waals surface area contributed by atoms with E-state index in [0.717, 1.165) is 48.5 Å². The van der Waals surface area contributed by atoms with Gasteiger partial charge in [0, 0.05) is 38.0 Å². The quantitative estimate of drug-likeness (QED) is 0.552. The largest absolute Gasteiger partial charge is 0.381 e. The van der Waals surface area contributed by atoms with Gasteiger partial charge in [0.05, 0.1) is 18.5 Å². The highest BCUT2D eigenvalue weighted by Gasteiger charge is 2.20. The predicted octanol–water partition coefficient (Wildman–Crippen LogP) is 1.45. The second-order valence-corrected chi connectivity index (χ2v) is 6.29. The Labute approximate surface area is 138 Å². The molecule has 3 rings (SSSR count). The van der Waals surface area contributed by atoms with Crippen LogP contribution in [0.2, 0.25) is 0 Å². The Morgan fingerprint density at radius 1 is 1.48 bits per heavy atom. The predicted molar refractivity (Wildman–Crippen MR) is 86.5 cm³/mol. The van der Waals surface area contributed by atoms with E-state index in [4.69, 9.17) is 9.47 Å². The summed E-state index contributed by atoms with van der Waals surface area (Å²) in [6.07, 6.45) is 2.72. The molecule has 2 aromatic heterocycles. The molecular weight excluding hydrogens is 316 g/mol. The minimum absolute atomic E-state index is 0.346. The van der Waals surface area contributed by atoms with Gasteiger partial charge in [0.1, 0.15) is 17.5 Å². The third-order valence-electron chi connectivity index (χ3n) is 3.46. The first-order valence-corrected chi connectivity index (χ1v) is 8.50. The van der Waals surface area contributed by atoms with Crippen molar-refractivity contribution in [3.8, 4) is 0 Å². The number of methoxy groups -OCH3 is 1. The molecule has 9 heteroatoms. The Bertz CT molecular complexity index is 603. The van der Waals surface area contributed by atoms with Crippen molar-refractivity contribution in [2.75, 3.05) is 37.9 Å². The fourth-order valence-corrected chi connectivity index (χ4v) is 3.02. The number of H-pyrrole nitrogens is 1. The van der Waals surface area contributed by atoms with Crippen LogP contribution in [0, 0.1) is 0 Å². The highest BCUT2D eigenvalue weighted by molar-refractivity contribution is 7.99. The van der Waals surface area contributed by atoms with E-state index >= 15 is 0 Å². The molecule has 124 valence electrons. The zero-order valence-electron chi connectivity index (χ0n) is 13.0. The Morgan fingerprint density at radius 3 is 3.17 bits per heavy atom. The topological polar surface area (TPSA) is 97.8 Å². The van der Waals surface area contributed by atoms with E-state index in [2.05, 4.69) is 30.7 Å². The smallest absolute Gasteiger partial charge is 0.156 e. The van der Waals surface area contributed by atoms with E-state index in [1.54, 1.807) is 25.1 Å². The number of nitrogens with one attached hydrogen (secondary N) is 2. The third-order valence-corrected chi connectivity index (χ3v) is 4.37. The maximum absolute atomic E-state index is 5.46. The lowest BCUT2D eigenvalue weighted by Crippen LogP contribution is -2.11. The van der Waals surface area contributed by atoms with Crippen LogP contribution in [-0.2, 0) is 16.1 Å². The molecule has 0 aromatic carbocycles. The van der Waals surface area contributed by atoms with Crippen molar-refractivity contribution in [3.63, 3.8) is 0 Å². The van der Waals surface area contributed by atoms with Crippen LogP contribution in [0.3, 0.4) is 0 Å². The van der Waals surface area contributed by atoms with Crippen molar-refractivity contribution in [1.29, 1.82) is 0 Å². The number of ether oxygens (including phenoxy) is 2. The van der Waals surface area contributed by atoms with E-state index < -0.39 is 0 Å². The Kier molecular flexibility index (Phi) is 5.78. The maximum atomic E-state index is 5.46. The van der Waals surface area contributed by atoms with Crippen LogP contribution in [0.15, 0.2) is 17.3 Å². The summed E-state index contributed by atoms with van der Waals surface area (Å²) in [4.78, 5) is 9.09. The average molecular weight is 336 g/mol. The minimum Gasteiger partial charge on any atom is -0.381 e. The molecule has 1 fully saturated rings. The SMILES string of the molecule is COCc1nc(NCCSc2cn[nH]n2)cc(C2CCOC2)n1. The molecule has 1 saturated heterocycles. The molecule has 2 aromatic rings. The van der Waals surface area contributed by atoms with Crippen molar-refractivity contribution >= 4 is 17.6 Å². The average Bonchev–Trinajstić information content (AvgIpc) is 3.25. The van der Waals surface area contributed by atoms with E-state index in [0.29, 0.717) is 18.3 Å². The van der Waals surface area contributed by atoms with Gasteiger partial charge in [-0.2, -0.15) is 10.3 Å². The fourth-order valence-electron chi connectivity index (χ4n) is 2.37. The first kappa shape index (κ1) is 16.2. The van der Waals surface area contributed by atoms with Crippen molar-refractivity contribution in [1.82, 2.24) is 25.4 Å². The van der Waals surface area contributed by atoms with Crippen LogP contribution in [0.5, 0.6) is 0 Å². The highest BCUT2D eigenvalue weighted by atomic mass is 32.2. The van der Waals surface area contributed by atoms with Crippen LogP contribution < -0.4 is 5.32 Å². The van der Waals surface area contributed by atoms with Gasteiger partial charge in [-0.15, -0.1) is 16.9 Å². The van der Waals surface area contributed by atoms with Gasteiger partial charge in [-0.05, 0) is 6.42 Å². The number of nitrogens with zero attached hydrogens (tertiary/aromatic N) is 4. The number of rotatable bonds is 8. The molecule has 0 bridgehead atoms. The first-order valence-electron chi connectivity index (χ1n) is 7.52. The third kappa shape index (κ3) is 4.63. The second-order valence-electron chi connectivity index (χ2n) is 5.17. The van der Waals surface area contributed by atoms with Crippen LogP contribution in [0.4, 0.5) is 5.82 Å². The summed E-state index contributed by atoms with van der Waals surface area (Å²) >= 11 is 1.63. The maximum Gasteiger partial charge on any atom is 0.156 e. The summed E-state index contributed by atoms with van der Waals surface area (Å²) in [5.74, 6) is 2.75. The van der Waals surface area contributed by atoms with E-state index in [1.807, 2.05) is 6.07 Å². The molecule has 0 saturated carbocycles. The molecular formula is C14H20N6O2S. The summed E-state index contributed by atoms with van der Waals surface area (Å²) < 4.78 is 10.6. The molecule has 1 aliphatic heterocycles. The summed E-state index contributed by atoms with van der Waals surface area (Å²) in [6, 6.07) is 2.01. The van der Waals surface area contributed by atoms with Gasteiger partial charge in [0.2, 0.25) is 0 Å². The lowest BCUT2D eigenvalue weighted by atomic mass is 10.0. The monoisotopic (exact) mass is 336 g/mol. The molecule has 3 heterocycles. The summed E-state index contributed by atoms with van der Waals surface area (Å²) in [7, 11) is 1.65. The molecule has 0 spiro atoms. The van der Waals surface area contributed by atoms with Crippen LogP contribution in [-0.4, -0.2) is 58.0 Å². The molecule has 0 aliphatic carbocycles. The summed E-state index contributed by atoms with van der Waals surface area (Å²) in [5, 5.41) is 14.6. The number of hydrogen-bond donors (Lipinski definition) is 2. The molecule has 23 heavy (non-hydrogen) atoms. The van der Waals surface area contributed by atoms with E-state index in [9.17, 15) is 0 Å². The molecule has 1 atom stereocenters. The second kappa shape index (κ2) is 8.23. The van der Waals surface area contributed by atoms with Gasteiger partial charge in [0.15, 0.2) is 5.82 Å². The Balaban J connectivity index is 1.60. The molecule has 0 radical (unpaired) electrons. The zero-order chi connectivity index (χ0) is 15.9. The van der Waals surface area contributed by atoms with Crippen molar-refractivity contribution in [2.45, 2.75) is 24.0 Å². The van der Waals surface area contributed by atoms with Crippen LogP contribution in [0.25, 0.3) is 0 Å². The number of anilines is 1. The van der Waals surface area contributed by atoms with Crippen LogP contribution >= 0.6 is 11.8 Å². The fraction of sp³-hybridized carbons (Fsp3) is 0.571. The number of aromatic nitrogens is 5. The Hall–Kier alpha value is -1.71. The molecule has 1 aliphatic rings. The lowest BCUT2D eigenvalue weighted by Gasteiger charge is -2.12.